The van der Waals surface area contributed by atoms with Crippen molar-refractivity contribution in [3.63, 3.8) is 0 Å². The van der Waals surface area contributed by atoms with Crippen LogP contribution < -0.4 is 4.74 Å². The van der Waals surface area contributed by atoms with E-state index in [0.29, 0.717) is 28.6 Å². The van der Waals surface area contributed by atoms with E-state index in [9.17, 15) is 13.7 Å². The lowest BCUT2D eigenvalue weighted by Crippen LogP contribution is -2.03. The molecule has 0 radical (unpaired) electrons. The first-order valence-electron chi connectivity index (χ1n) is 12.4. The summed E-state index contributed by atoms with van der Waals surface area (Å²) in [4.78, 5) is -0.307. The van der Waals surface area contributed by atoms with Crippen molar-refractivity contribution in [2.24, 2.45) is 0 Å². The summed E-state index contributed by atoms with van der Waals surface area (Å²) < 4.78 is 34.2. The summed E-state index contributed by atoms with van der Waals surface area (Å²) in [6.07, 6.45) is 3.10. The maximum Gasteiger partial charge on any atom is 0.216 e. The van der Waals surface area contributed by atoms with Crippen molar-refractivity contribution in [1.29, 1.82) is 5.26 Å². The summed E-state index contributed by atoms with van der Waals surface area (Å²) in [5.41, 5.74) is 4.47. The van der Waals surface area contributed by atoms with E-state index >= 15 is 0 Å². The molecule has 0 aliphatic carbocycles. The van der Waals surface area contributed by atoms with Gasteiger partial charge in [0.15, 0.2) is 0 Å². The monoisotopic (exact) mass is 565 g/mol. The summed E-state index contributed by atoms with van der Waals surface area (Å²) in [6, 6.07) is 32.6. The molecule has 40 heavy (non-hydrogen) atoms. The van der Waals surface area contributed by atoms with Crippen molar-refractivity contribution < 1.29 is 13.2 Å². The van der Waals surface area contributed by atoms with Crippen LogP contribution in [0.3, 0.4) is 0 Å². The van der Waals surface area contributed by atoms with E-state index in [-0.39, 0.29) is 9.80 Å². The predicted octanol–water partition coefficient (Wildman–Crippen LogP) is 7.42. The van der Waals surface area contributed by atoms with Crippen LogP contribution in [0.2, 0.25) is 5.02 Å². The molecular formula is C32H24ClN3O3S. The molecule has 0 spiro atoms. The average Bonchev–Trinajstić information content (AvgIpc) is 3.40. The van der Waals surface area contributed by atoms with E-state index in [1.807, 2.05) is 91.9 Å². The first-order chi connectivity index (χ1) is 19.3. The number of rotatable bonds is 8. The number of halogens is 1. The molecule has 0 saturated carbocycles. The van der Waals surface area contributed by atoms with Crippen LogP contribution >= 0.6 is 11.6 Å². The number of aryl methyl sites for hydroxylation is 1. The van der Waals surface area contributed by atoms with Gasteiger partial charge in [0.05, 0.1) is 10.6 Å². The molecule has 0 aliphatic rings. The zero-order valence-electron chi connectivity index (χ0n) is 21.5. The Kier molecular flexibility index (Phi) is 7.83. The number of benzene rings is 4. The lowest BCUT2D eigenvalue weighted by atomic mass is 10.1. The molecule has 6 nitrogen and oxygen atoms in total. The molecule has 1 heterocycles. The fourth-order valence-corrected chi connectivity index (χ4v) is 5.32. The SMILES string of the molecule is Cc1ccc(S(=O)(=O)/C(C#N)=C\c2cn(-c3ccccc3)nc2-c2ccc(OCc3ccc(Cl)cc3)cc2)cc1. The molecule has 0 aliphatic heterocycles. The molecule has 1 aromatic heterocycles. The number of allylic oxidation sites excluding steroid dienone is 1. The van der Waals surface area contributed by atoms with Gasteiger partial charge >= 0.3 is 0 Å². The largest absolute Gasteiger partial charge is 0.489 e. The molecule has 198 valence electrons. The minimum absolute atomic E-state index is 0.0603. The molecule has 0 amide bonds. The average molecular weight is 566 g/mol. The number of ether oxygens (including phenoxy) is 1. The fourth-order valence-electron chi connectivity index (χ4n) is 4.04. The summed E-state index contributed by atoms with van der Waals surface area (Å²) in [5.74, 6) is 0.665. The van der Waals surface area contributed by atoms with Gasteiger partial charge in [0, 0.05) is 22.3 Å². The quantitative estimate of drug-likeness (QED) is 0.183. The van der Waals surface area contributed by atoms with Gasteiger partial charge in [-0.2, -0.15) is 10.4 Å². The third-order valence-electron chi connectivity index (χ3n) is 6.23. The smallest absolute Gasteiger partial charge is 0.216 e. The van der Waals surface area contributed by atoms with Gasteiger partial charge in [-0.25, -0.2) is 13.1 Å². The van der Waals surface area contributed by atoms with Crippen LogP contribution in [0.4, 0.5) is 0 Å². The Balaban J connectivity index is 1.50. The molecule has 4 aromatic carbocycles. The predicted molar refractivity (Wildman–Crippen MR) is 157 cm³/mol. The standard InChI is InChI=1S/C32H24ClN3O3S/c1-23-7-17-30(18-8-23)40(37,38)31(20-34)19-26-21-36(28-5-3-2-4-6-28)35-32(26)25-11-15-29(16-12-25)39-22-24-9-13-27(33)14-10-24/h2-19,21H,22H2,1H3/b31-19-. The van der Waals surface area contributed by atoms with Crippen LogP contribution in [0.15, 0.2) is 119 Å². The second-order valence-corrected chi connectivity index (χ2v) is 11.4. The van der Waals surface area contributed by atoms with Crippen molar-refractivity contribution in [1.82, 2.24) is 9.78 Å². The Morgan fingerprint density at radius 3 is 2.27 bits per heavy atom. The van der Waals surface area contributed by atoms with Crippen LogP contribution in [0.25, 0.3) is 23.0 Å². The van der Waals surface area contributed by atoms with E-state index in [2.05, 4.69) is 0 Å². The van der Waals surface area contributed by atoms with Gasteiger partial charge in [0.1, 0.15) is 29.0 Å². The van der Waals surface area contributed by atoms with E-state index in [0.717, 1.165) is 22.4 Å². The number of aromatic nitrogens is 2. The Hall–Kier alpha value is -4.64. The van der Waals surface area contributed by atoms with E-state index in [1.165, 1.54) is 18.2 Å². The highest BCUT2D eigenvalue weighted by atomic mass is 35.5. The first kappa shape index (κ1) is 26.9. The van der Waals surface area contributed by atoms with Crippen LogP contribution in [-0.2, 0) is 16.4 Å². The Labute approximate surface area is 238 Å². The van der Waals surface area contributed by atoms with Crippen molar-refractivity contribution in [2.75, 3.05) is 0 Å². The zero-order chi connectivity index (χ0) is 28.1. The van der Waals surface area contributed by atoms with Gasteiger partial charge in [0.25, 0.3) is 0 Å². The zero-order valence-corrected chi connectivity index (χ0v) is 23.1. The molecule has 0 unspecified atom stereocenters. The lowest BCUT2D eigenvalue weighted by molar-refractivity contribution is 0.306. The molecule has 5 aromatic rings. The first-order valence-corrected chi connectivity index (χ1v) is 14.3. The van der Waals surface area contributed by atoms with Crippen molar-refractivity contribution in [3.05, 3.63) is 136 Å². The third-order valence-corrected chi connectivity index (χ3v) is 8.16. The van der Waals surface area contributed by atoms with Crippen LogP contribution in [0.1, 0.15) is 16.7 Å². The Morgan fingerprint density at radius 2 is 1.62 bits per heavy atom. The number of nitrogens with zero attached hydrogens (tertiary/aromatic N) is 3. The molecule has 5 rings (SSSR count). The molecular weight excluding hydrogens is 542 g/mol. The molecule has 0 N–H and O–H groups in total. The molecule has 0 saturated heterocycles. The maximum atomic E-state index is 13.3. The summed E-state index contributed by atoms with van der Waals surface area (Å²) in [6.45, 7) is 2.26. The lowest BCUT2D eigenvalue weighted by Gasteiger charge is -2.08. The number of para-hydroxylation sites is 1. The van der Waals surface area contributed by atoms with Gasteiger partial charge in [-0.05, 0) is 79.2 Å². The summed E-state index contributed by atoms with van der Waals surface area (Å²) >= 11 is 5.96. The summed E-state index contributed by atoms with van der Waals surface area (Å²) in [7, 11) is -4.03. The minimum Gasteiger partial charge on any atom is -0.489 e. The molecule has 8 heteroatoms. The molecule has 0 fully saturated rings. The second kappa shape index (κ2) is 11.6. The Morgan fingerprint density at radius 1 is 0.950 bits per heavy atom. The maximum absolute atomic E-state index is 13.3. The molecule has 0 atom stereocenters. The van der Waals surface area contributed by atoms with Gasteiger partial charge < -0.3 is 4.74 Å². The van der Waals surface area contributed by atoms with Gasteiger partial charge in [-0.3, -0.25) is 0 Å². The van der Waals surface area contributed by atoms with Gasteiger partial charge in [-0.1, -0.05) is 59.6 Å². The van der Waals surface area contributed by atoms with Crippen molar-refractivity contribution in [2.45, 2.75) is 18.4 Å². The number of nitriles is 1. The highest BCUT2D eigenvalue weighted by Gasteiger charge is 2.22. The highest BCUT2D eigenvalue weighted by molar-refractivity contribution is 7.95. The van der Waals surface area contributed by atoms with E-state index < -0.39 is 9.84 Å². The highest BCUT2D eigenvalue weighted by Crippen LogP contribution is 2.30. The number of sulfone groups is 1. The van der Waals surface area contributed by atoms with Crippen LogP contribution in [0, 0.1) is 18.3 Å². The molecule has 0 bridgehead atoms. The van der Waals surface area contributed by atoms with E-state index in [1.54, 1.807) is 23.0 Å². The number of hydrogen-bond donors (Lipinski definition) is 0. The summed E-state index contributed by atoms with van der Waals surface area (Å²) in [5, 5.41) is 15.3. The second-order valence-electron chi connectivity index (χ2n) is 9.09. The van der Waals surface area contributed by atoms with Gasteiger partial charge in [0.2, 0.25) is 9.84 Å². The van der Waals surface area contributed by atoms with Crippen molar-refractivity contribution in [3.8, 4) is 28.8 Å². The van der Waals surface area contributed by atoms with Crippen molar-refractivity contribution >= 4 is 27.5 Å². The topological polar surface area (TPSA) is 85.0 Å². The minimum atomic E-state index is -4.03. The Bertz CT molecular complexity index is 1800. The fraction of sp³-hybridized carbons (Fsp3) is 0.0625. The van der Waals surface area contributed by atoms with Crippen LogP contribution in [0.5, 0.6) is 5.75 Å². The van der Waals surface area contributed by atoms with Gasteiger partial charge in [-0.15, -0.1) is 0 Å². The van der Waals surface area contributed by atoms with Crippen LogP contribution in [-0.4, -0.2) is 18.2 Å². The van der Waals surface area contributed by atoms with E-state index in [4.69, 9.17) is 21.4 Å². The third kappa shape index (κ3) is 5.99. The normalized spacial score (nSPS) is 11.7. The number of hydrogen-bond acceptors (Lipinski definition) is 5.